The van der Waals surface area contributed by atoms with Gasteiger partial charge in [0, 0.05) is 30.3 Å². The number of hydrogen-bond acceptors (Lipinski definition) is 6. The maximum Gasteiger partial charge on any atom is 0.214 e. The number of halogens is 1. The summed E-state index contributed by atoms with van der Waals surface area (Å²) in [5.74, 6) is 1.27. The molecule has 5 aromatic rings. The van der Waals surface area contributed by atoms with E-state index < -0.39 is 5.60 Å². The van der Waals surface area contributed by atoms with E-state index in [1.165, 1.54) is 0 Å². The average Bonchev–Trinajstić information content (AvgIpc) is 3.34. The van der Waals surface area contributed by atoms with E-state index in [2.05, 4.69) is 15.0 Å². The Kier molecular flexibility index (Phi) is 6.35. The lowest BCUT2D eigenvalue weighted by molar-refractivity contribution is 0.117. The van der Waals surface area contributed by atoms with E-state index in [1.807, 2.05) is 62.5 Å². The maximum absolute atomic E-state index is 12.3. The first-order valence-corrected chi connectivity index (χ1v) is 11.9. The highest BCUT2D eigenvalue weighted by atomic mass is 35.5. The Balaban J connectivity index is 1.77. The van der Waals surface area contributed by atoms with Gasteiger partial charge in [-0.2, -0.15) is 0 Å². The lowest BCUT2D eigenvalue weighted by atomic mass is 9.83. The molecule has 5 rings (SSSR count). The summed E-state index contributed by atoms with van der Waals surface area (Å²) in [6.45, 7) is 2.52. The van der Waals surface area contributed by atoms with Crippen molar-refractivity contribution in [2.75, 3.05) is 13.7 Å². The fourth-order valence-electron chi connectivity index (χ4n) is 4.45. The summed E-state index contributed by atoms with van der Waals surface area (Å²) in [6, 6.07) is 18.9. The molecule has 0 saturated heterocycles. The normalized spacial score (nSPS) is 12.9. The Morgan fingerprint density at radius 2 is 1.86 bits per heavy atom. The molecule has 1 unspecified atom stereocenters. The minimum atomic E-state index is -1.54. The van der Waals surface area contributed by atoms with Crippen LogP contribution < -0.4 is 9.47 Å². The van der Waals surface area contributed by atoms with Crippen LogP contribution in [0.4, 0.5) is 0 Å². The van der Waals surface area contributed by atoms with Crippen LogP contribution >= 0.6 is 11.6 Å². The Hall–Kier alpha value is -3.94. The molecule has 0 radical (unpaired) electrons. The zero-order valence-corrected chi connectivity index (χ0v) is 20.9. The number of imidazole rings is 1. The largest absolute Gasteiger partial charge is 0.494 e. The van der Waals surface area contributed by atoms with E-state index in [0.717, 1.165) is 27.8 Å². The molecule has 7 nitrogen and oxygen atoms in total. The van der Waals surface area contributed by atoms with Crippen molar-refractivity contribution in [2.24, 2.45) is 7.05 Å². The Bertz CT molecular complexity index is 1530. The summed E-state index contributed by atoms with van der Waals surface area (Å²) in [5, 5.41) is 13.5. The van der Waals surface area contributed by atoms with Gasteiger partial charge in [-0.1, -0.05) is 35.9 Å². The highest BCUT2D eigenvalue weighted by Gasteiger charge is 2.37. The van der Waals surface area contributed by atoms with Crippen molar-refractivity contribution >= 4 is 22.5 Å². The number of ether oxygens (including phenoxy) is 2. The van der Waals surface area contributed by atoms with Gasteiger partial charge in [0.05, 0.1) is 37.5 Å². The van der Waals surface area contributed by atoms with Gasteiger partial charge in [-0.15, -0.1) is 0 Å². The van der Waals surface area contributed by atoms with Gasteiger partial charge in [-0.05, 0) is 53.9 Å². The van der Waals surface area contributed by atoms with Crippen LogP contribution in [0.25, 0.3) is 22.0 Å². The second-order valence-corrected chi connectivity index (χ2v) is 8.76. The van der Waals surface area contributed by atoms with Gasteiger partial charge in [-0.3, -0.25) is 0 Å². The summed E-state index contributed by atoms with van der Waals surface area (Å²) in [5.41, 5.74) is 2.83. The minimum absolute atomic E-state index is 0.345. The molecule has 36 heavy (non-hydrogen) atoms. The topological polar surface area (TPSA) is 82.3 Å². The quantitative estimate of drug-likeness (QED) is 0.302. The van der Waals surface area contributed by atoms with Crippen LogP contribution in [0.2, 0.25) is 5.15 Å². The molecular weight excluding hydrogens is 476 g/mol. The van der Waals surface area contributed by atoms with Gasteiger partial charge in [0.25, 0.3) is 0 Å². The van der Waals surface area contributed by atoms with E-state index in [-0.39, 0.29) is 0 Å². The molecule has 1 atom stereocenters. The number of benzene rings is 2. The molecule has 0 spiro atoms. The predicted octanol–water partition coefficient (Wildman–Crippen LogP) is 5.38. The molecule has 182 valence electrons. The smallest absolute Gasteiger partial charge is 0.214 e. The van der Waals surface area contributed by atoms with Gasteiger partial charge < -0.3 is 19.1 Å². The standard InChI is InChI=1S/C28H25ClN4O3/c1-4-36-21-7-5-6-18(12-21)22-14-27(35-3)32-24-10-8-19(13-23(22)24)28(34,25-16-30-17-33(25)2)20-9-11-26(29)31-15-20/h5-17,34H,4H2,1-3H3. The first-order valence-electron chi connectivity index (χ1n) is 11.5. The van der Waals surface area contributed by atoms with Crippen molar-refractivity contribution in [1.29, 1.82) is 0 Å². The van der Waals surface area contributed by atoms with E-state index in [4.69, 9.17) is 21.1 Å². The second kappa shape index (κ2) is 9.60. The number of hydrogen-bond donors (Lipinski definition) is 1. The molecule has 3 heterocycles. The summed E-state index contributed by atoms with van der Waals surface area (Å²) in [4.78, 5) is 13.1. The third kappa shape index (κ3) is 4.17. The molecule has 0 fully saturated rings. The highest BCUT2D eigenvalue weighted by molar-refractivity contribution is 6.29. The van der Waals surface area contributed by atoms with Crippen LogP contribution in [0.1, 0.15) is 23.7 Å². The molecule has 8 heteroatoms. The van der Waals surface area contributed by atoms with E-state index in [1.54, 1.807) is 42.5 Å². The molecule has 0 bridgehead atoms. The van der Waals surface area contributed by atoms with Gasteiger partial charge in [-0.25, -0.2) is 15.0 Å². The second-order valence-electron chi connectivity index (χ2n) is 8.37. The first kappa shape index (κ1) is 23.8. The number of rotatable bonds is 7. The SMILES string of the molecule is CCOc1cccc(-c2cc(OC)nc3ccc(C(O)(c4ccc(Cl)nc4)c4cncn4C)cc23)c1. The summed E-state index contributed by atoms with van der Waals surface area (Å²) in [7, 11) is 3.44. The van der Waals surface area contributed by atoms with Crippen LogP contribution in [-0.2, 0) is 12.6 Å². The third-order valence-corrected chi connectivity index (χ3v) is 6.42. The molecule has 2 aromatic carbocycles. The van der Waals surface area contributed by atoms with E-state index >= 15 is 0 Å². The zero-order chi connectivity index (χ0) is 25.3. The Morgan fingerprint density at radius 1 is 1.03 bits per heavy atom. The van der Waals surface area contributed by atoms with Crippen molar-refractivity contribution < 1.29 is 14.6 Å². The number of fused-ring (bicyclic) bond motifs is 1. The van der Waals surface area contributed by atoms with Crippen LogP contribution in [0.3, 0.4) is 0 Å². The molecule has 0 aliphatic carbocycles. The Morgan fingerprint density at radius 3 is 2.56 bits per heavy atom. The molecule has 0 aliphatic rings. The van der Waals surface area contributed by atoms with Gasteiger partial charge in [0.2, 0.25) is 5.88 Å². The lowest BCUT2D eigenvalue weighted by Gasteiger charge is -2.30. The highest BCUT2D eigenvalue weighted by Crippen LogP contribution is 2.40. The molecule has 0 saturated carbocycles. The van der Waals surface area contributed by atoms with Crippen molar-refractivity contribution in [3.8, 4) is 22.8 Å². The molecule has 0 amide bonds. The third-order valence-electron chi connectivity index (χ3n) is 6.20. The zero-order valence-electron chi connectivity index (χ0n) is 20.1. The molecular formula is C28H25ClN4O3. The maximum atomic E-state index is 12.3. The summed E-state index contributed by atoms with van der Waals surface area (Å²) >= 11 is 6.05. The van der Waals surface area contributed by atoms with Crippen molar-refractivity contribution in [3.05, 3.63) is 101 Å². The Labute approximate surface area is 214 Å². The van der Waals surface area contributed by atoms with Crippen LogP contribution in [0, 0.1) is 0 Å². The lowest BCUT2D eigenvalue weighted by Crippen LogP contribution is -2.31. The summed E-state index contributed by atoms with van der Waals surface area (Å²) in [6.07, 6.45) is 4.89. The van der Waals surface area contributed by atoms with Gasteiger partial charge >= 0.3 is 0 Å². The van der Waals surface area contributed by atoms with Crippen LogP contribution in [0.5, 0.6) is 11.6 Å². The van der Waals surface area contributed by atoms with Gasteiger partial charge in [0.15, 0.2) is 5.60 Å². The van der Waals surface area contributed by atoms with Crippen molar-refractivity contribution in [2.45, 2.75) is 12.5 Å². The number of nitrogens with zero attached hydrogens (tertiary/aromatic N) is 4. The number of methoxy groups -OCH3 is 1. The first-order chi connectivity index (χ1) is 17.4. The molecule has 3 aromatic heterocycles. The van der Waals surface area contributed by atoms with Crippen LogP contribution in [-0.4, -0.2) is 38.3 Å². The van der Waals surface area contributed by atoms with Crippen LogP contribution in [0.15, 0.2) is 79.4 Å². The summed E-state index contributed by atoms with van der Waals surface area (Å²) < 4.78 is 13.0. The van der Waals surface area contributed by atoms with Crippen molar-refractivity contribution in [3.63, 3.8) is 0 Å². The minimum Gasteiger partial charge on any atom is -0.494 e. The molecule has 1 N–H and O–H groups in total. The van der Waals surface area contributed by atoms with E-state index in [9.17, 15) is 5.11 Å². The van der Waals surface area contributed by atoms with Gasteiger partial charge in [0.1, 0.15) is 10.9 Å². The fraction of sp³-hybridized carbons (Fsp3) is 0.179. The number of aryl methyl sites for hydroxylation is 1. The average molecular weight is 501 g/mol. The number of aromatic nitrogens is 4. The fourth-order valence-corrected chi connectivity index (χ4v) is 4.56. The monoisotopic (exact) mass is 500 g/mol. The predicted molar refractivity (Wildman–Crippen MR) is 139 cm³/mol. The van der Waals surface area contributed by atoms with Crippen molar-refractivity contribution in [1.82, 2.24) is 19.5 Å². The molecule has 0 aliphatic heterocycles. The number of pyridine rings is 2. The van der Waals surface area contributed by atoms with E-state index in [0.29, 0.717) is 34.5 Å². The number of aliphatic hydroxyl groups is 1.